The van der Waals surface area contributed by atoms with Crippen molar-refractivity contribution in [3.05, 3.63) is 51.0 Å². The van der Waals surface area contributed by atoms with Crippen molar-refractivity contribution in [2.24, 2.45) is 5.10 Å². The number of benzene rings is 2. The first-order chi connectivity index (χ1) is 11.9. The molecule has 0 saturated heterocycles. The van der Waals surface area contributed by atoms with Crippen LogP contribution in [0.4, 0.5) is 0 Å². The molecule has 0 aliphatic heterocycles. The van der Waals surface area contributed by atoms with Gasteiger partial charge >= 0.3 is 0 Å². The maximum absolute atomic E-state index is 11.8. The van der Waals surface area contributed by atoms with Crippen LogP contribution in [0, 0.1) is 6.92 Å². The van der Waals surface area contributed by atoms with E-state index in [-0.39, 0.29) is 12.4 Å². The number of carbonyl (C=O) groups is 1. The van der Waals surface area contributed by atoms with Crippen molar-refractivity contribution in [3.8, 4) is 17.2 Å². The fourth-order valence-electron chi connectivity index (χ4n) is 1.89. The van der Waals surface area contributed by atoms with Gasteiger partial charge in [0, 0.05) is 5.02 Å². The number of phenolic OH excluding ortho intramolecular Hbond substituents is 1. The second-order valence-corrected chi connectivity index (χ2v) is 6.31. The Balaban J connectivity index is 1.90. The van der Waals surface area contributed by atoms with E-state index >= 15 is 0 Å². The van der Waals surface area contributed by atoms with Gasteiger partial charge < -0.3 is 14.6 Å². The summed E-state index contributed by atoms with van der Waals surface area (Å²) in [5, 5.41) is 14.2. The predicted molar refractivity (Wildman–Crippen MR) is 99.8 cm³/mol. The molecule has 0 saturated carbocycles. The van der Waals surface area contributed by atoms with Crippen LogP contribution in [0.3, 0.4) is 0 Å². The Labute approximate surface area is 158 Å². The van der Waals surface area contributed by atoms with Gasteiger partial charge in [-0.3, -0.25) is 4.79 Å². The molecule has 0 aliphatic rings. The lowest BCUT2D eigenvalue weighted by atomic mass is 10.2. The van der Waals surface area contributed by atoms with Gasteiger partial charge in [0.15, 0.2) is 18.1 Å². The number of hydrogen-bond acceptors (Lipinski definition) is 5. The van der Waals surface area contributed by atoms with Gasteiger partial charge in [-0.25, -0.2) is 5.43 Å². The van der Waals surface area contributed by atoms with Crippen molar-refractivity contribution in [1.82, 2.24) is 5.43 Å². The molecule has 0 bridgehead atoms. The fourth-order valence-corrected chi connectivity index (χ4v) is 2.47. The lowest BCUT2D eigenvalue weighted by Crippen LogP contribution is -2.24. The highest BCUT2D eigenvalue weighted by atomic mass is 79.9. The number of hydrazone groups is 1. The van der Waals surface area contributed by atoms with E-state index in [0.29, 0.717) is 26.6 Å². The quantitative estimate of drug-likeness (QED) is 0.545. The van der Waals surface area contributed by atoms with E-state index in [9.17, 15) is 9.90 Å². The maximum Gasteiger partial charge on any atom is 0.277 e. The van der Waals surface area contributed by atoms with Gasteiger partial charge in [-0.1, -0.05) is 11.6 Å². The molecule has 0 spiro atoms. The van der Waals surface area contributed by atoms with Gasteiger partial charge in [-0.15, -0.1) is 0 Å². The Kier molecular flexibility index (Phi) is 6.66. The van der Waals surface area contributed by atoms with Crippen LogP contribution < -0.4 is 14.9 Å². The highest BCUT2D eigenvalue weighted by Crippen LogP contribution is 2.34. The minimum atomic E-state index is -0.409. The van der Waals surface area contributed by atoms with E-state index in [2.05, 4.69) is 26.5 Å². The van der Waals surface area contributed by atoms with Crippen LogP contribution in [-0.4, -0.2) is 30.9 Å². The molecule has 0 aliphatic carbocycles. The van der Waals surface area contributed by atoms with Gasteiger partial charge in [0.25, 0.3) is 5.91 Å². The normalized spacial score (nSPS) is 10.7. The molecule has 2 aromatic rings. The van der Waals surface area contributed by atoms with Gasteiger partial charge in [-0.2, -0.15) is 5.10 Å². The second kappa shape index (κ2) is 8.73. The molecule has 0 atom stereocenters. The zero-order valence-electron chi connectivity index (χ0n) is 13.5. The Hall–Kier alpha value is -2.25. The highest BCUT2D eigenvalue weighted by molar-refractivity contribution is 9.10. The highest BCUT2D eigenvalue weighted by Gasteiger charge is 2.08. The van der Waals surface area contributed by atoms with Crippen LogP contribution in [0.5, 0.6) is 17.2 Å². The molecule has 132 valence electrons. The molecule has 2 aromatic carbocycles. The van der Waals surface area contributed by atoms with Crippen molar-refractivity contribution in [3.63, 3.8) is 0 Å². The summed E-state index contributed by atoms with van der Waals surface area (Å²) in [5.41, 5.74) is 3.86. The van der Waals surface area contributed by atoms with Crippen LogP contribution in [0.2, 0.25) is 5.02 Å². The number of rotatable bonds is 6. The van der Waals surface area contributed by atoms with E-state index in [0.717, 1.165) is 5.56 Å². The number of aryl methyl sites for hydroxylation is 1. The third-order valence-electron chi connectivity index (χ3n) is 3.17. The Bertz CT molecular complexity index is 811. The van der Waals surface area contributed by atoms with Crippen molar-refractivity contribution in [2.75, 3.05) is 13.7 Å². The van der Waals surface area contributed by atoms with Gasteiger partial charge in [0.1, 0.15) is 5.75 Å². The van der Waals surface area contributed by atoms with Crippen LogP contribution in [0.15, 0.2) is 39.9 Å². The second-order valence-electron chi connectivity index (χ2n) is 5.05. The van der Waals surface area contributed by atoms with Crippen LogP contribution in [0.1, 0.15) is 11.1 Å². The molecule has 2 rings (SSSR count). The molecule has 6 nitrogen and oxygen atoms in total. The van der Waals surface area contributed by atoms with Crippen molar-refractivity contribution < 1.29 is 19.4 Å². The summed E-state index contributed by atoms with van der Waals surface area (Å²) in [7, 11) is 1.44. The zero-order valence-corrected chi connectivity index (χ0v) is 15.9. The lowest BCUT2D eigenvalue weighted by Gasteiger charge is -2.07. The summed E-state index contributed by atoms with van der Waals surface area (Å²) < 4.78 is 10.9. The largest absolute Gasteiger partial charge is 0.503 e. The average molecular weight is 428 g/mol. The molecule has 0 radical (unpaired) electrons. The number of hydrogen-bond donors (Lipinski definition) is 2. The van der Waals surface area contributed by atoms with E-state index in [4.69, 9.17) is 21.1 Å². The Morgan fingerprint density at radius 2 is 2.16 bits per heavy atom. The topological polar surface area (TPSA) is 80.2 Å². The van der Waals surface area contributed by atoms with Crippen LogP contribution in [0.25, 0.3) is 0 Å². The van der Waals surface area contributed by atoms with Crippen LogP contribution >= 0.6 is 27.5 Å². The predicted octanol–water partition coefficient (Wildman–Crippen LogP) is 3.65. The summed E-state index contributed by atoms with van der Waals surface area (Å²) in [6.45, 7) is 1.67. The Morgan fingerprint density at radius 3 is 2.84 bits per heavy atom. The number of carbonyl (C=O) groups excluding carboxylic acids is 1. The molecule has 0 aromatic heterocycles. The number of halogens is 2. The SMILES string of the molecule is COc1cc(C=NNC(=O)COc2ccc(Cl)c(C)c2)cc(Br)c1O. The number of nitrogens with zero attached hydrogens (tertiary/aromatic N) is 1. The molecule has 1 amide bonds. The van der Waals surface area contributed by atoms with Gasteiger partial charge in [0.05, 0.1) is 17.8 Å². The molecule has 0 heterocycles. The van der Waals surface area contributed by atoms with Crippen molar-refractivity contribution in [2.45, 2.75) is 6.92 Å². The third kappa shape index (κ3) is 5.37. The van der Waals surface area contributed by atoms with E-state index in [1.165, 1.54) is 13.3 Å². The lowest BCUT2D eigenvalue weighted by molar-refractivity contribution is -0.123. The number of phenols is 1. The number of aromatic hydroxyl groups is 1. The van der Waals surface area contributed by atoms with Crippen LogP contribution in [-0.2, 0) is 4.79 Å². The minimum Gasteiger partial charge on any atom is -0.503 e. The van der Waals surface area contributed by atoms with E-state index in [1.807, 2.05) is 6.92 Å². The first-order valence-corrected chi connectivity index (χ1v) is 8.35. The summed E-state index contributed by atoms with van der Waals surface area (Å²) >= 11 is 9.14. The van der Waals surface area contributed by atoms with Gasteiger partial charge in [-0.05, 0) is 64.3 Å². The summed E-state index contributed by atoms with van der Waals surface area (Å²) in [6, 6.07) is 8.37. The van der Waals surface area contributed by atoms with E-state index < -0.39 is 5.91 Å². The summed E-state index contributed by atoms with van der Waals surface area (Å²) in [5.74, 6) is 0.431. The third-order valence-corrected chi connectivity index (χ3v) is 4.20. The summed E-state index contributed by atoms with van der Waals surface area (Å²) in [4.78, 5) is 11.8. The number of methoxy groups -OCH3 is 1. The van der Waals surface area contributed by atoms with Gasteiger partial charge in [0.2, 0.25) is 0 Å². The summed E-state index contributed by atoms with van der Waals surface area (Å²) in [6.07, 6.45) is 1.43. The molecular formula is C17H16BrClN2O4. The van der Waals surface area contributed by atoms with E-state index in [1.54, 1.807) is 30.3 Å². The molecule has 0 unspecified atom stereocenters. The smallest absolute Gasteiger partial charge is 0.277 e. The molecule has 25 heavy (non-hydrogen) atoms. The minimum absolute atomic E-state index is 0.00431. The number of nitrogens with one attached hydrogen (secondary N) is 1. The Morgan fingerprint density at radius 1 is 1.40 bits per heavy atom. The fraction of sp³-hybridized carbons (Fsp3) is 0.176. The molecular weight excluding hydrogens is 412 g/mol. The van der Waals surface area contributed by atoms with Crippen molar-refractivity contribution >= 4 is 39.7 Å². The first-order valence-electron chi connectivity index (χ1n) is 7.18. The maximum atomic E-state index is 11.8. The molecule has 0 fully saturated rings. The molecule has 2 N–H and O–H groups in total. The number of amides is 1. The number of ether oxygens (including phenoxy) is 2. The molecule has 8 heteroatoms. The zero-order chi connectivity index (χ0) is 18.4. The van der Waals surface area contributed by atoms with Crippen molar-refractivity contribution in [1.29, 1.82) is 0 Å². The first kappa shape index (κ1) is 19.1. The monoisotopic (exact) mass is 426 g/mol. The standard InChI is InChI=1S/C17H16BrClN2O4/c1-10-5-12(3-4-14(10)19)25-9-16(22)21-20-8-11-6-13(18)17(23)15(7-11)24-2/h3-8,23H,9H2,1-2H3,(H,21,22). The average Bonchev–Trinajstić information content (AvgIpc) is 2.59.